The largest absolute Gasteiger partial charge is 0.494 e. The van der Waals surface area contributed by atoms with Crippen LogP contribution in [0.4, 0.5) is 9.18 Å². The van der Waals surface area contributed by atoms with Crippen LogP contribution >= 0.6 is 0 Å². The summed E-state index contributed by atoms with van der Waals surface area (Å²) in [6.07, 6.45) is 2.40. The van der Waals surface area contributed by atoms with E-state index in [0.29, 0.717) is 31.2 Å². The summed E-state index contributed by atoms with van der Waals surface area (Å²) in [5.41, 5.74) is 5.53. The smallest absolute Gasteiger partial charge is 0.407 e. The van der Waals surface area contributed by atoms with E-state index in [1.54, 1.807) is 6.07 Å². The third-order valence-corrected chi connectivity index (χ3v) is 11.1. The fourth-order valence-corrected chi connectivity index (χ4v) is 7.42. The lowest BCUT2D eigenvalue weighted by Gasteiger charge is -2.32. The van der Waals surface area contributed by atoms with Gasteiger partial charge >= 0.3 is 6.09 Å². The molecule has 0 aliphatic carbocycles. The van der Waals surface area contributed by atoms with Crippen molar-refractivity contribution in [2.75, 3.05) is 26.9 Å². The van der Waals surface area contributed by atoms with E-state index >= 15 is 4.39 Å². The van der Waals surface area contributed by atoms with Crippen molar-refractivity contribution in [2.45, 2.75) is 90.3 Å². The number of aliphatic hydroxyl groups excluding tert-OH is 1. The minimum atomic E-state index is -1.35. The maximum Gasteiger partial charge on any atom is 0.407 e. The molecule has 2 aromatic heterocycles. The second-order valence-corrected chi connectivity index (χ2v) is 19.5. The number of ether oxygens (including phenoxy) is 3. The van der Waals surface area contributed by atoms with Gasteiger partial charge in [-0.25, -0.2) is 18.9 Å². The van der Waals surface area contributed by atoms with Gasteiger partial charge in [0.15, 0.2) is 23.6 Å². The minimum Gasteiger partial charge on any atom is -0.494 e. The molecule has 0 radical (unpaired) electrons. The van der Waals surface area contributed by atoms with Crippen LogP contribution < -0.4 is 4.74 Å². The van der Waals surface area contributed by atoms with Gasteiger partial charge in [0, 0.05) is 33.1 Å². The number of halogens is 1. The van der Waals surface area contributed by atoms with E-state index in [2.05, 4.69) is 19.6 Å². The van der Waals surface area contributed by atoms with Gasteiger partial charge in [0.25, 0.3) is 0 Å². The van der Waals surface area contributed by atoms with Crippen LogP contribution in [0.1, 0.15) is 49.4 Å². The van der Waals surface area contributed by atoms with Gasteiger partial charge in [0.2, 0.25) is 0 Å². The lowest BCUT2D eigenvalue weighted by atomic mass is 9.96. The Balaban J connectivity index is 1.50. The summed E-state index contributed by atoms with van der Waals surface area (Å²) in [5.74, 6) is 0.370. The highest BCUT2D eigenvalue weighted by Crippen LogP contribution is 2.38. The number of rotatable bonds is 11. The molecule has 13 heteroatoms. The highest BCUT2D eigenvalue weighted by molar-refractivity contribution is 6.76. The Morgan fingerprint density at radius 3 is 2.67 bits per heavy atom. The number of hydrogen-bond acceptors (Lipinski definition) is 7. The second-order valence-electron chi connectivity index (χ2n) is 13.9. The average Bonchev–Trinajstić information content (AvgIpc) is 3.63. The molecule has 2 aromatic carbocycles. The first-order valence-electron chi connectivity index (χ1n) is 16.8. The standard InChI is InChI=1S/C35H46FN5O6Si/c1-6-22-16-31(45-2)27(36)18-26(22)23-10-11-25-29(15-23)41(32-9-7-8-12-47-32)38-33(25)34-37-28-17-24(20-42)39(35(43)44)19-30(28)40(34)21-46-13-14-48(3,4)5/h10-11,15-16,18,24,32,42H,6-9,12-14,17,19-21H2,1-5H3,(H,43,44). The number of benzene rings is 2. The molecule has 2 aliphatic rings. The Labute approximate surface area is 281 Å². The first-order valence-corrected chi connectivity index (χ1v) is 20.5. The molecule has 2 aliphatic heterocycles. The quantitative estimate of drug-likeness (QED) is 0.133. The number of imidazole rings is 1. The summed E-state index contributed by atoms with van der Waals surface area (Å²) in [6, 6.07) is 9.69. The first-order chi connectivity index (χ1) is 23.0. The number of aryl methyl sites for hydroxylation is 1. The number of carbonyl (C=O) groups is 1. The number of hydrogen-bond donors (Lipinski definition) is 2. The van der Waals surface area contributed by atoms with Gasteiger partial charge in [-0.3, -0.25) is 4.90 Å². The van der Waals surface area contributed by atoms with Gasteiger partial charge in [-0.1, -0.05) is 32.6 Å². The molecule has 48 heavy (non-hydrogen) atoms. The van der Waals surface area contributed by atoms with Gasteiger partial charge in [-0.2, -0.15) is 5.10 Å². The molecule has 2 unspecified atom stereocenters. The number of amides is 1. The molecule has 11 nitrogen and oxygen atoms in total. The third kappa shape index (κ3) is 6.73. The monoisotopic (exact) mass is 679 g/mol. The first kappa shape index (κ1) is 34.1. The topological polar surface area (TPSA) is 124 Å². The van der Waals surface area contributed by atoms with E-state index in [4.69, 9.17) is 24.3 Å². The average molecular weight is 680 g/mol. The van der Waals surface area contributed by atoms with Crippen LogP contribution in [0.2, 0.25) is 25.7 Å². The number of nitrogens with zero attached hydrogens (tertiary/aromatic N) is 5. The van der Waals surface area contributed by atoms with E-state index in [-0.39, 0.29) is 38.3 Å². The zero-order valence-corrected chi connectivity index (χ0v) is 29.5. The summed E-state index contributed by atoms with van der Waals surface area (Å²) < 4.78 is 36.6. The minimum absolute atomic E-state index is 0.0810. The molecular formula is C35H46FN5O6Si. The number of methoxy groups -OCH3 is 1. The van der Waals surface area contributed by atoms with Crippen molar-refractivity contribution in [3.05, 3.63) is 53.1 Å². The van der Waals surface area contributed by atoms with Crippen molar-refractivity contribution in [1.82, 2.24) is 24.2 Å². The Morgan fingerprint density at radius 1 is 1.19 bits per heavy atom. The molecule has 1 amide bonds. The van der Waals surface area contributed by atoms with Crippen LogP contribution in [0, 0.1) is 5.82 Å². The van der Waals surface area contributed by atoms with Crippen LogP contribution in [-0.2, 0) is 35.6 Å². The van der Waals surface area contributed by atoms with Crippen LogP contribution in [0.25, 0.3) is 33.5 Å². The molecule has 2 atom stereocenters. The summed E-state index contributed by atoms with van der Waals surface area (Å²) in [4.78, 5) is 18.5. The van der Waals surface area contributed by atoms with Gasteiger partial charge < -0.3 is 29.0 Å². The Kier molecular flexibility index (Phi) is 9.93. The van der Waals surface area contributed by atoms with Crippen LogP contribution in [0.15, 0.2) is 30.3 Å². The predicted octanol–water partition coefficient (Wildman–Crippen LogP) is 6.69. The molecule has 0 spiro atoms. The molecule has 4 aromatic rings. The molecule has 258 valence electrons. The fourth-order valence-electron chi connectivity index (χ4n) is 6.66. The van der Waals surface area contributed by atoms with Crippen molar-refractivity contribution in [3.63, 3.8) is 0 Å². The van der Waals surface area contributed by atoms with Crippen LogP contribution in [-0.4, -0.2) is 81.6 Å². The van der Waals surface area contributed by atoms with E-state index in [1.807, 2.05) is 34.4 Å². The van der Waals surface area contributed by atoms with E-state index < -0.39 is 26.0 Å². The second kappa shape index (κ2) is 14.0. The van der Waals surface area contributed by atoms with Crippen molar-refractivity contribution < 1.29 is 33.6 Å². The molecule has 0 bridgehead atoms. The Bertz CT molecular complexity index is 1790. The molecule has 2 N–H and O–H groups in total. The highest BCUT2D eigenvalue weighted by atomic mass is 28.3. The number of carboxylic acid groups (broad SMARTS) is 1. The predicted molar refractivity (Wildman–Crippen MR) is 183 cm³/mol. The number of aromatic nitrogens is 4. The summed E-state index contributed by atoms with van der Waals surface area (Å²) in [7, 11) is 0.118. The van der Waals surface area contributed by atoms with Crippen LogP contribution in [0.3, 0.4) is 0 Å². The normalized spacial score (nSPS) is 18.4. The van der Waals surface area contributed by atoms with Gasteiger partial charge in [-0.15, -0.1) is 0 Å². The van der Waals surface area contributed by atoms with Crippen molar-refractivity contribution in [3.8, 4) is 28.4 Å². The zero-order valence-electron chi connectivity index (χ0n) is 28.5. The maximum absolute atomic E-state index is 15.0. The molecule has 1 fully saturated rings. The zero-order chi connectivity index (χ0) is 34.2. The van der Waals surface area contributed by atoms with Gasteiger partial charge in [0.1, 0.15) is 12.4 Å². The Hall–Kier alpha value is -3.78. The van der Waals surface area contributed by atoms with E-state index in [1.165, 1.54) is 18.1 Å². The number of fused-ring (bicyclic) bond motifs is 2. The SMILES string of the molecule is CCc1cc(OC)c(F)cc1-c1ccc2c(-c3nc4c(n3COCC[Si](C)(C)C)CN(C(=O)O)C(CO)C4)nn(C3CCCCO3)c2c1. The van der Waals surface area contributed by atoms with Gasteiger partial charge in [-0.05, 0) is 72.7 Å². The van der Waals surface area contributed by atoms with Crippen molar-refractivity contribution in [1.29, 1.82) is 0 Å². The summed E-state index contributed by atoms with van der Waals surface area (Å²) >= 11 is 0. The molecule has 1 saturated heterocycles. The lowest BCUT2D eigenvalue weighted by molar-refractivity contribution is -0.0365. The molecule has 0 saturated carbocycles. The fraction of sp³-hybridized carbons (Fsp3) is 0.514. The van der Waals surface area contributed by atoms with E-state index in [9.17, 15) is 15.0 Å². The Morgan fingerprint density at radius 2 is 2.00 bits per heavy atom. The summed E-state index contributed by atoms with van der Waals surface area (Å²) in [5, 5.41) is 26.0. The lowest BCUT2D eigenvalue weighted by Crippen LogP contribution is -2.46. The van der Waals surface area contributed by atoms with Crippen molar-refractivity contribution in [2.24, 2.45) is 0 Å². The number of aliphatic hydroxyl groups is 1. The molecule has 6 rings (SSSR count). The van der Waals surface area contributed by atoms with E-state index in [0.717, 1.165) is 64.3 Å². The van der Waals surface area contributed by atoms with Crippen molar-refractivity contribution >= 4 is 25.1 Å². The van der Waals surface area contributed by atoms with Crippen LogP contribution in [0.5, 0.6) is 5.75 Å². The third-order valence-electron chi connectivity index (χ3n) is 9.44. The van der Waals surface area contributed by atoms with Gasteiger partial charge in [0.05, 0.1) is 43.2 Å². The molecule has 4 heterocycles. The maximum atomic E-state index is 15.0. The summed E-state index contributed by atoms with van der Waals surface area (Å²) in [6.45, 7) is 10.1. The highest BCUT2D eigenvalue weighted by Gasteiger charge is 2.35. The molecular weight excluding hydrogens is 633 g/mol.